The van der Waals surface area contributed by atoms with Gasteiger partial charge in [-0.15, -0.1) is 0 Å². The molecule has 17 heavy (non-hydrogen) atoms. The number of likely N-dealkylation sites (N-methyl/N-ethyl adjacent to an activating group) is 1. The van der Waals surface area contributed by atoms with Gasteiger partial charge in [-0.3, -0.25) is 4.90 Å². The van der Waals surface area contributed by atoms with Gasteiger partial charge in [-0.2, -0.15) is 0 Å². The molecule has 3 N–H and O–H groups in total. The summed E-state index contributed by atoms with van der Waals surface area (Å²) < 4.78 is 5.47. The van der Waals surface area contributed by atoms with Crippen molar-refractivity contribution in [1.82, 2.24) is 4.90 Å². The zero-order chi connectivity index (χ0) is 12.3. The summed E-state index contributed by atoms with van der Waals surface area (Å²) in [6, 6.07) is 6.30. The molecule has 0 amide bonds. The summed E-state index contributed by atoms with van der Waals surface area (Å²) in [5.41, 5.74) is 7.93. The van der Waals surface area contributed by atoms with E-state index in [-0.39, 0.29) is 0 Å². The normalized spacial score (nSPS) is 15.8. The lowest BCUT2D eigenvalue weighted by molar-refractivity contribution is 0.129. The maximum atomic E-state index is 9.47. The van der Waals surface area contributed by atoms with Crippen LogP contribution in [0.1, 0.15) is 11.1 Å². The van der Waals surface area contributed by atoms with Gasteiger partial charge < -0.3 is 15.6 Å². The lowest BCUT2D eigenvalue weighted by atomic mass is 10.1. The second kappa shape index (κ2) is 5.49. The number of hydrogen-bond acceptors (Lipinski definition) is 4. The van der Waals surface area contributed by atoms with E-state index in [0.29, 0.717) is 13.1 Å². The van der Waals surface area contributed by atoms with E-state index >= 15 is 0 Å². The Kier molecular flexibility index (Phi) is 3.99. The number of nitrogens with zero attached hydrogens (tertiary/aromatic N) is 1. The highest BCUT2D eigenvalue weighted by atomic mass is 16.5. The van der Waals surface area contributed by atoms with Crippen LogP contribution in [0.15, 0.2) is 18.2 Å². The number of nitrogens with two attached hydrogens (primary N) is 1. The van der Waals surface area contributed by atoms with Crippen LogP contribution in [0, 0.1) is 0 Å². The summed E-state index contributed by atoms with van der Waals surface area (Å²) in [5, 5.41) is 9.47. The van der Waals surface area contributed by atoms with E-state index in [0.717, 1.165) is 25.3 Å². The SMILES string of the molecule is CN(Cc1ccc2c(c1)CCO2)CC(O)CN. The number of fused-ring (bicyclic) bond motifs is 1. The standard InChI is InChI=1S/C13H20N2O2/c1-15(9-12(16)7-14)8-10-2-3-13-11(6-10)4-5-17-13/h2-3,6,12,16H,4-5,7-9,14H2,1H3. The molecule has 4 heteroatoms. The van der Waals surface area contributed by atoms with Gasteiger partial charge in [0.1, 0.15) is 5.75 Å². The molecule has 0 aliphatic carbocycles. The van der Waals surface area contributed by atoms with Crippen molar-refractivity contribution in [3.8, 4) is 5.75 Å². The molecule has 0 radical (unpaired) electrons. The van der Waals surface area contributed by atoms with Crippen LogP contribution in [0.4, 0.5) is 0 Å². The van der Waals surface area contributed by atoms with Gasteiger partial charge in [-0.1, -0.05) is 12.1 Å². The number of aliphatic hydroxyl groups excluding tert-OH is 1. The first-order chi connectivity index (χ1) is 8.19. The van der Waals surface area contributed by atoms with Crippen molar-refractivity contribution < 1.29 is 9.84 Å². The molecule has 1 aliphatic heterocycles. The van der Waals surface area contributed by atoms with Gasteiger partial charge >= 0.3 is 0 Å². The van der Waals surface area contributed by atoms with E-state index in [1.54, 1.807) is 0 Å². The van der Waals surface area contributed by atoms with Crippen molar-refractivity contribution in [3.63, 3.8) is 0 Å². The van der Waals surface area contributed by atoms with Crippen LogP contribution in [0.3, 0.4) is 0 Å². The van der Waals surface area contributed by atoms with E-state index in [1.807, 2.05) is 13.1 Å². The first-order valence-corrected chi connectivity index (χ1v) is 6.00. The van der Waals surface area contributed by atoms with E-state index in [1.165, 1.54) is 11.1 Å². The van der Waals surface area contributed by atoms with Gasteiger partial charge in [0.25, 0.3) is 0 Å². The minimum Gasteiger partial charge on any atom is -0.493 e. The van der Waals surface area contributed by atoms with Crippen LogP contribution in [0.5, 0.6) is 5.75 Å². The third-order valence-electron chi connectivity index (χ3n) is 3.00. The van der Waals surface area contributed by atoms with Crippen LogP contribution in [-0.2, 0) is 13.0 Å². The van der Waals surface area contributed by atoms with E-state index in [4.69, 9.17) is 10.5 Å². The molecule has 0 fully saturated rings. The second-order valence-corrected chi connectivity index (χ2v) is 4.63. The number of ether oxygens (including phenoxy) is 1. The molecule has 0 saturated heterocycles. The van der Waals surface area contributed by atoms with E-state index in [9.17, 15) is 5.11 Å². The molecule has 1 aliphatic rings. The fraction of sp³-hybridized carbons (Fsp3) is 0.538. The molecular weight excluding hydrogens is 216 g/mol. The molecule has 1 unspecified atom stereocenters. The fourth-order valence-corrected chi connectivity index (χ4v) is 2.15. The van der Waals surface area contributed by atoms with Crippen LogP contribution in [0.25, 0.3) is 0 Å². The molecule has 4 nitrogen and oxygen atoms in total. The molecule has 1 aromatic carbocycles. The monoisotopic (exact) mass is 236 g/mol. The van der Waals surface area contributed by atoms with Crippen molar-refractivity contribution in [2.24, 2.45) is 5.73 Å². The van der Waals surface area contributed by atoms with Gasteiger partial charge in [0, 0.05) is 26.1 Å². The maximum Gasteiger partial charge on any atom is 0.122 e. The number of hydrogen-bond donors (Lipinski definition) is 2. The van der Waals surface area contributed by atoms with Crippen molar-refractivity contribution in [2.45, 2.75) is 19.1 Å². The van der Waals surface area contributed by atoms with Crippen LogP contribution in [-0.4, -0.2) is 42.9 Å². The molecule has 94 valence electrons. The Bertz CT molecular complexity index is 382. The van der Waals surface area contributed by atoms with Crippen molar-refractivity contribution in [2.75, 3.05) is 26.7 Å². The molecule has 0 spiro atoms. The Hall–Kier alpha value is -1.10. The van der Waals surface area contributed by atoms with Gasteiger partial charge in [-0.05, 0) is 24.2 Å². The molecule has 2 rings (SSSR count). The van der Waals surface area contributed by atoms with Gasteiger partial charge in [0.2, 0.25) is 0 Å². The Balaban J connectivity index is 1.94. The lowest BCUT2D eigenvalue weighted by Crippen LogP contribution is -2.33. The molecule has 1 heterocycles. The van der Waals surface area contributed by atoms with Crippen LogP contribution in [0.2, 0.25) is 0 Å². The Morgan fingerprint density at radius 2 is 2.35 bits per heavy atom. The Labute approximate surface area is 102 Å². The molecule has 0 aromatic heterocycles. The smallest absolute Gasteiger partial charge is 0.122 e. The maximum absolute atomic E-state index is 9.47. The third kappa shape index (κ3) is 3.19. The second-order valence-electron chi connectivity index (χ2n) is 4.63. The molecular formula is C13H20N2O2. The summed E-state index contributed by atoms with van der Waals surface area (Å²) in [7, 11) is 1.99. The highest BCUT2D eigenvalue weighted by molar-refractivity contribution is 5.39. The van der Waals surface area contributed by atoms with Gasteiger partial charge in [-0.25, -0.2) is 0 Å². The number of benzene rings is 1. The topological polar surface area (TPSA) is 58.7 Å². The third-order valence-corrected chi connectivity index (χ3v) is 3.00. The minimum absolute atomic E-state index is 0.308. The molecule has 1 atom stereocenters. The predicted octanol–water partition coefficient (Wildman–Crippen LogP) is 0.373. The average molecular weight is 236 g/mol. The zero-order valence-corrected chi connectivity index (χ0v) is 10.2. The Morgan fingerprint density at radius 1 is 1.53 bits per heavy atom. The van der Waals surface area contributed by atoms with Crippen molar-refractivity contribution in [1.29, 1.82) is 0 Å². The number of rotatable bonds is 5. The summed E-state index contributed by atoms with van der Waals surface area (Å²) in [6.45, 7) is 2.53. The quantitative estimate of drug-likeness (QED) is 0.775. The van der Waals surface area contributed by atoms with E-state index in [2.05, 4.69) is 17.0 Å². The Morgan fingerprint density at radius 3 is 3.12 bits per heavy atom. The van der Waals surface area contributed by atoms with Crippen molar-refractivity contribution >= 4 is 0 Å². The lowest BCUT2D eigenvalue weighted by Gasteiger charge is -2.19. The van der Waals surface area contributed by atoms with Gasteiger partial charge in [0.15, 0.2) is 0 Å². The summed E-state index contributed by atoms with van der Waals surface area (Å²) in [6.07, 6.45) is 0.552. The first-order valence-electron chi connectivity index (χ1n) is 6.00. The minimum atomic E-state index is -0.447. The van der Waals surface area contributed by atoms with Crippen LogP contribution < -0.4 is 10.5 Å². The first kappa shape index (κ1) is 12.4. The van der Waals surface area contributed by atoms with E-state index < -0.39 is 6.10 Å². The molecule has 1 aromatic rings. The number of aliphatic hydroxyl groups is 1. The summed E-state index contributed by atoms with van der Waals surface area (Å²) in [4.78, 5) is 2.08. The highest BCUT2D eigenvalue weighted by Gasteiger charge is 2.13. The largest absolute Gasteiger partial charge is 0.493 e. The van der Waals surface area contributed by atoms with Crippen LogP contribution >= 0.6 is 0 Å². The fourth-order valence-electron chi connectivity index (χ4n) is 2.15. The highest BCUT2D eigenvalue weighted by Crippen LogP contribution is 2.26. The average Bonchev–Trinajstić information content (AvgIpc) is 2.75. The van der Waals surface area contributed by atoms with Crippen molar-refractivity contribution in [3.05, 3.63) is 29.3 Å². The summed E-state index contributed by atoms with van der Waals surface area (Å²) >= 11 is 0. The zero-order valence-electron chi connectivity index (χ0n) is 10.2. The molecule has 0 bridgehead atoms. The van der Waals surface area contributed by atoms with Gasteiger partial charge in [0.05, 0.1) is 12.7 Å². The predicted molar refractivity (Wildman–Crippen MR) is 67.0 cm³/mol. The summed E-state index contributed by atoms with van der Waals surface area (Å²) in [5.74, 6) is 1.01. The molecule has 0 saturated carbocycles.